The topological polar surface area (TPSA) is 85.4 Å². The van der Waals surface area contributed by atoms with Gasteiger partial charge in [0.15, 0.2) is 5.13 Å². The van der Waals surface area contributed by atoms with Crippen molar-refractivity contribution in [3.63, 3.8) is 0 Å². The number of hydrazone groups is 1. The zero-order valence-electron chi connectivity index (χ0n) is 15.5. The highest BCUT2D eigenvalue weighted by molar-refractivity contribution is 7.13. The van der Waals surface area contributed by atoms with Crippen molar-refractivity contribution in [3.8, 4) is 16.9 Å². The number of nitrogen functional groups attached to an aromatic ring is 1. The highest BCUT2D eigenvalue weighted by atomic mass is 32.1. The number of nitrogens with zero attached hydrogens (tertiary/aromatic N) is 3. The number of benzene rings is 2. The molecule has 0 bridgehead atoms. The van der Waals surface area contributed by atoms with Crippen LogP contribution in [0.1, 0.15) is 12.6 Å². The molecule has 2 heterocycles. The fourth-order valence-electron chi connectivity index (χ4n) is 2.90. The van der Waals surface area contributed by atoms with Gasteiger partial charge in [0.2, 0.25) is 0 Å². The van der Waals surface area contributed by atoms with Gasteiger partial charge in [0.1, 0.15) is 11.6 Å². The number of hydrogen-bond donors (Lipinski definition) is 2. The first kappa shape index (κ1) is 17.9. The van der Waals surface area contributed by atoms with E-state index in [2.05, 4.69) is 27.6 Å². The zero-order valence-corrected chi connectivity index (χ0v) is 16.3. The summed E-state index contributed by atoms with van der Waals surface area (Å²) in [6.45, 7) is 1.88. The number of hydrogen-bond acceptors (Lipinski definition) is 7. The van der Waals surface area contributed by atoms with Crippen LogP contribution in [0.4, 0.5) is 10.9 Å². The predicted molar refractivity (Wildman–Crippen MR) is 116 cm³/mol. The molecule has 0 aliphatic heterocycles. The van der Waals surface area contributed by atoms with Gasteiger partial charge in [0.25, 0.3) is 0 Å². The number of nitrogens with one attached hydrogen (secondary N) is 1. The summed E-state index contributed by atoms with van der Waals surface area (Å²) in [5.41, 5.74) is 13.3. The van der Waals surface area contributed by atoms with Crippen molar-refractivity contribution < 1.29 is 4.74 Å². The van der Waals surface area contributed by atoms with Crippen LogP contribution in [-0.2, 0) is 0 Å². The summed E-state index contributed by atoms with van der Waals surface area (Å²) >= 11 is 1.39. The maximum atomic E-state index is 5.71. The van der Waals surface area contributed by atoms with E-state index in [-0.39, 0.29) is 0 Å². The number of anilines is 2. The zero-order chi connectivity index (χ0) is 19.5. The monoisotopic (exact) mass is 389 g/mol. The van der Waals surface area contributed by atoms with Gasteiger partial charge >= 0.3 is 0 Å². The lowest BCUT2D eigenvalue weighted by Gasteiger charge is -2.11. The van der Waals surface area contributed by atoms with Crippen molar-refractivity contribution >= 4 is 38.9 Å². The van der Waals surface area contributed by atoms with Crippen LogP contribution in [0.2, 0.25) is 0 Å². The van der Waals surface area contributed by atoms with E-state index in [1.165, 1.54) is 11.3 Å². The molecule has 4 rings (SSSR count). The van der Waals surface area contributed by atoms with Gasteiger partial charge in [0, 0.05) is 16.8 Å². The fourth-order valence-corrected chi connectivity index (χ4v) is 3.51. The summed E-state index contributed by atoms with van der Waals surface area (Å²) in [5.74, 6) is 1.40. The van der Waals surface area contributed by atoms with Crippen LogP contribution < -0.4 is 15.9 Å². The number of nitrogens with two attached hydrogens (primary N) is 1. The number of rotatable bonds is 5. The van der Waals surface area contributed by atoms with Gasteiger partial charge in [-0.2, -0.15) is 5.10 Å². The molecule has 0 atom stereocenters. The normalized spacial score (nSPS) is 11.6. The maximum Gasteiger partial charge on any atom is 0.180 e. The van der Waals surface area contributed by atoms with Crippen LogP contribution in [0, 0.1) is 0 Å². The largest absolute Gasteiger partial charge is 0.497 e. The molecule has 0 spiro atoms. The molecular formula is C21H19N5OS. The lowest BCUT2D eigenvalue weighted by Crippen LogP contribution is -2.02. The highest BCUT2D eigenvalue weighted by Gasteiger charge is 2.10. The van der Waals surface area contributed by atoms with E-state index in [0.29, 0.717) is 10.9 Å². The number of ether oxygens (including phenoxy) is 1. The first-order valence-electron chi connectivity index (χ1n) is 8.70. The van der Waals surface area contributed by atoms with Crippen LogP contribution in [0.25, 0.3) is 22.0 Å². The average Bonchev–Trinajstić information content (AvgIpc) is 3.18. The van der Waals surface area contributed by atoms with Crippen LogP contribution in [0.5, 0.6) is 5.75 Å². The molecule has 4 aromatic rings. The lowest BCUT2D eigenvalue weighted by atomic mass is 10.0. The number of pyridine rings is 1. The Morgan fingerprint density at radius 1 is 1.11 bits per heavy atom. The number of methoxy groups -OCH3 is 1. The Morgan fingerprint density at radius 3 is 2.64 bits per heavy atom. The van der Waals surface area contributed by atoms with E-state index in [1.807, 2.05) is 54.8 Å². The molecule has 0 aliphatic rings. The lowest BCUT2D eigenvalue weighted by molar-refractivity contribution is 0.415. The Kier molecular flexibility index (Phi) is 4.90. The Morgan fingerprint density at radius 2 is 1.93 bits per heavy atom. The molecule has 0 amide bonds. The van der Waals surface area contributed by atoms with Gasteiger partial charge in [-0.05, 0) is 36.2 Å². The molecule has 7 heteroatoms. The predicted octanol–water partition coefficient (Wildman–Crippen LogP) is 4.79. The van der Waals surface area contributed by atoms with Gasteiger partial charge in [-0.25, -0.2) is 9.97 Å². The molecule has 28 heavy (non-hydrogen) atoms. The summed E-state index contributed by atoms with van der Waals surface area (Å²) in [5, 5.41) is 7.87. The van der Waals surface area contributed by atoms with E-state index in [4.69, 9.17) is 15.5 Å². The van der Waals surface area contributed by atoms with E-state index in [0.717, 1.165) is 39.2 Å². The van der Waals surface area contributed by atoms with E-state index < -0.39 is 0 Å². The van der Waals surface area contributed by atoms with Gasteiger partial charge in [-0.1, -0.05) is 30.3 Å². The van der Waals surface area contributed by atoms with E-state index in [9.17, 15) is 0 Å². The Hall–Kier alpha value is -3.45. The molecule has 0 radical (unpaired) electrons. The minimum Gasteiger partial charge on any atom is -0.497 e. The van der Waals surface area contributed by atoms with Crippen LogP contribution >= 0.6 is 11.3 Å². The minimum absolute atomic E-state index is 0.520. The van der Waals surface area contributed by atoms with Gasteiger partial charge in [-0.15, -0.1) is 11.3 Å². The minimum atomic E-state index is 0.520. The van der Waals surface area contributed by atoms with Crippen LogP contribution in [0.15, 0.2) is 65.1 Å². The quantitative estimate of drug-likeness (QED) is 0.379. The van der Waals surface area contributed by atoms with Crippen LogP contribution in [0.3, 0.4) is 0 Å². The highest BCUT2D eigenvalue weighted by Crippen LogP contribution is 2.32. The molecule has 0 saturated heterocycles. The third-order valence-electron chi connectivity index (χ3n) is 4.33. The van der Waals surface area contributed by atoms with Gasteiger partial charge < -0.3 is 10.5 Å². The van der Waals surface area contributed by atoms with Crippen molar-refractivity contribution in [2.24, 2.45) is 5.10 Å². The smallest absolute Gasteiger partial charge is 0.180 e. The fraction of sp³-hybridized carbons (Fsp3) is 0.0952. The summed E-state index contributed by atoms with van der Waals surface area (Å²) in [6.07, 6.45) is 0. The molecule has 2 aromatic heterocycles. The molecule has 0 unspecified atom stereocenters. The van der Waals surface area contributed by atoms with Crippen molar-refractivity contribution in [1.29, 1.82) is 0 Å². The number of fused-ring (bicyclic) bond motifs is 1. The molecule has 0 saturated carbocycles. The second-order valence-corrected chi connectivity index (χ2v) is 7.07. The van der Waals surface area contributed by atoms with Gasteiger partial charge in [-0.3, -0.25) is 5.43 Å². The van der Waals surface area contributed by atoms with E-state index in [1.54, 1.807) is 7.11 Å². The van der Waals surface area contributed by atoms with Crippen LogP contribution in [-0.4, -0.2) is 22.8 Å². The number of aromatic nitrogens is 2. The molecule has 2 aromatic carbocycles. The first-order valence-corrected chi connectivity index (χ1v) is 9.58. The Balaban J connectivity index is 1.77. The summed E-state index contributed by atoms with van der Waals surface area (Å²) in [6, 6.07) is 18.1. The molecule has 140 valence electrons. The maximum absolute atomic E-state index is 5.71. The average molecular weight is 389 g/mol. The summed E-state index contributed by atoms with van der Waals surface area (Å²) < 4.78 is 5.36. The summed E-state index contributed by atoms with van der Waals surface area (Å²) in [4.78, 5) is 8.95. The molecule has 3 N–H and O–H groups in total. The Bertz CT molecular complexity index is 1150. The van der Waals surface area contributed by atoms with Crippen molar-refractivity contribution in [3.05, 3.63) is 65.7 Å². The molecule has 0 aliphatic carbocycles. The first-order chi connectivity index (χ1) is 13.6. The van der Waals surface area contributed by atoms with Gasteiger partial charge in [0.05, 0.1) is 24.0 Å². The van der Waals surface area contributed by atoms with Crippen molar-refractivity contribution in [1.82, 2.24) is 9.97 Å². The SMILES string of the molecule is COc1ccc2c(-c3ccccc3)cc(N/N=C(\C)c3csc(N)n3)nc2c1. The second-order valence-electron chi connectivity index (χ2n) is 6.18. The van der Waals surface area contributed by atoms with Crippen molar-refractivity contribution in [2.75, 3.05) is 18.3 Å². The standard InChI is InChI=1S/C21H19N5OS/c1-13(19-12-28-21(22)24-19)25-26-20-11-17(14-6-4-3-5-7-14)16-9-8-15(27-2)10-18(16)23-20/h3-12H,1-2H3,(H2,22,24)(H,23,26)/b25-13+. The molecule has 0 fully saturated rings. The number of thiazole rings is 1. The Labute approximate surface area is 166 Å². The molecular weight excluding hydrogens is 370 g/mol. The summed E-state index contributed by atoms with van der Waals surface area (Å²) in [7, 11) is 1.65. The third-order valence-corrected chi connectivity index (χ3v) is 5.01. The van der Waals surface area contributed by atoms with Crippen molar-refractivity contribution in [2.45, 2.75) is 6.92 Å². The third kappa shape index (κ3) is 3.65. The van der Waals surface area contributed by atoms with E-state index >= 15 is 0 Å². The molecule has 6 nitrogen and oxygen atoms in total. The second kappa shape index (κ2) is 7.66.